The van der Waals surface area contributed by atoms with Crippen LogP contribution < -0.4 is 5.73 Å². The minimum absolute atomic E-state index is 0.0323. The van der Waals surface area contributed by atoms with Gasteiger partial charge in [-0.25, -0.2) is 4.98 Å². The summed E-state index contributed by atoms with van der Waals surface area (Å²) in [7, 11) is 0. The summed E-state index contributed by atoms with van der Waals surface area (Å²) >= 11 is 0. The third-order valence-corrected chi connectivity index (χ3v) is 3.21. The van der Waals surface area contributed by atoms with Crippen molar-refractivity contribution in [3.8, 4) is 0 Å². The lowest BCUT2D eigenvalue weighted by Crippen LogP contribution is -2.33. The molecule has 4 atom stereocenters. The summed E-state index contributed by atoms with van der Waals surface area (Å²) in [6.45, 7) is -0.465. The first-order valence-electron chi connectivity index (χ1n) is 5.81. The first kappa shape index (κ1) is 13.1. The average Bonchev–Trinajstić information content (AvgIpc) is 2.93. The van der Waals surface area contributed by atoms with Gasteiger partial charge in [-0.15, -0.1) is 0 Å². The van der Waals surface area contributed by atoms with Crippen molar-refractivity contribution < 1.29 is 24.4 Å². The van der Waals surface area contributed by atoms with Gasteiger partial charge in [0.2, 0.25) is 0 Å². The SMILES string of the molecule is Nc1nc(F)nc2c1ncn2[C@@H]1O[C@@H](CO)[C@@H](O)[C@@H]1O. The molecular weight excluding hydrogens is 273 g/mol. The molecule has 2 aromatic rings. The van der Waals surface area contributed by atoms with Crippen molar-refractivity contribution in [2.45, 2.75) is 24.5 Å². The number of hydrogen-bond donors (Lipinski definition) is 4. The van der Waals surface area contributed by atoms with Crippen molar-refractivity contribution in [3.05, 3.63) is 12.4 Å². The maximum atomic E-state index is 13.2. The number of anilines is 1. The number of aromatic nitrogens is 4. The third kappa shape index (κ3) is 1.81. The molecule has 1 saturated heterocycles. The van der Waals surface area contributed by atoms with E-state index in [-0.39, 0.29) is 17.0 Å². The van der Waals surface area contributed by atoms with Crippen LogP contribution in [0.4, 0.5) is 10.2 Å². The van der Waals surface area contributed by atoms with Crippen LogP contribution >= 0.6 is 0 Å². The van der Waals surface area contributed by atoms with Crippen LogP contribution in [0.25, 0.3) is 11.2 Å². The molecule has 0 saturated carbocycles. The molecular formula is C10H12FN5O4. The highest BCUT2D eigenvalue weighted by Crippen LogP contribution is 2.31. The van der Waals surface area contributed by atoms with Crippen LogP contribution in [0.15, 0.2) is 6.33 Å². The molecule has 0 radical (unpaired) electrons. The second-order valence-corrected chi connectivity index (χ2v) is 4.43. The summed E-state index contributed by atoms with van der Waals surface area (Å²) in [6.07, 6.45) is -4.38. The molecule has 1 aliphatic rings. The number of fused-ring (bicyclic) bond motifs is 1. The lowest BCUT2D eigenvalue weighted by atomic mass is 10.1. The number of hydrogen-bond acceptors (Lipinski definition) is 8. The number of nitrogens with two attached hydrogens (primary N) is 1. The molecule has 1 aliphatic heterocycles. The summed E-state index contributed by atoms with van der Waals surface area (Å²) in [5, 5.41) is 28.7. The number of aliphatic hydroxyl groups is 3. The number of nitrogens with zero attached hydrogens (tertiary/aromatic N) is 4. The number of halogens is 1. The maximum Gasteiger partial charge on any atom is 0.312 e. The van der Waals surface area contributed by atoms with Crippen molar-refractivity contribution >= 4 is 17.0 Å². The Labute approximate surface area is 111 Å². The van der Waals surface area contributed by atoms with Gasteiger partial charge in [0, 0.05) is 0 Å². The van der Waals surface area contributed by atoms with Gasteiger partial charge in [-0.1, -0.05) is 0 Å². The van der Waals surface area contributed by atoms with Gasteiger partial charge >= 0.3 is 6.08 Å². The van der Waals surface area contributed by atoms with Crippen LogP contribution in [-0.4, -0.2) is 59.8 Å². The number of rotatable bonds is 2. The van der Waals surface area contributed by atoms with Gasteiger partial charge in [0.15, 0.2) is 23.2 Å². The lowest BCUT2D eigenvalue weighted by Gasteiger charge is -2.16. The van der Waals surface area contributed by atoms with E-state index in [1.165, 1.54) is 10.9 Å². The first-order valence-corrected chi connectivity index (χ1v) is 5.81. The summed E-state index contributed by atoms with van der Waals surface area (Å²) in [5.74, 6) is -0.141. The molecule has 5 N–H and O–H groups in total. The van der Waals surface area contributed by atoms with E-state index in [9.17, 15) is 14.6 Å². The molecule has 0 unspecified atom stereocenters. The standard InChI is InChI=1S/C10H12FN5O4/c11-10-14-7(12)4-8(15-10)16(2-13-4)9-6(19)5(18)3(1-17)20-9/h2-3,5-6,9,17-19H,1H2,(H2,12,14,15)/t3-,5+,6-,9+/m0/s1. The van der Waals surface area contributed by atoms with Crippen molar-refractivity contribution in [2.75, 3.05) is 12.3 Å². The Morgan fingerprint density at radius 3 is 2.75 bits per heavy atom. The summed E-state index contributed by atoms with van der Waals surface area (Å²) in [6, 6.07) is 0. The summed E-state index contributed by atoms with van der Waals surface area (Å²) < 4.78 is 19.8. The molecule has 0 aromatic carbocycles. The number of aliphatic hydroxyl groups excluding tert-OH is 3. The van der Waals surface area contributed by atoms with E-state index in [0.717, 1.165) is 0 Å². The van der Waals surface area contributed by atoms with Crippen LogP contribution in [0, 0.1) is 6.08 Å². The molecule has 0 amide bonds. The summed E-state index contributed by atoms with van der Waals surface area (Å²) in [5.41, 5.74) is 5.71. The average molecular weight is 285 g/mol. The highest BCUT2D eigenvalue weighted by Gasteiger charge is 2.44. The van der Waals surface area contributed by atoms with E-state index in [1.807, 2.05) is 0 Å². The molecule has 2 aromatic heterocycles. The molecule has 3 rings (SSSR count). The molecule has 108 valence electrons. The highest BCUT2D eigenvalue weighted by molar-refractivity contribution is 5.81. The largest absolute Gasteiger partial charge is 0.394 e. The van der Waals surface area contributed by atoms with Crippen LogP contribution in [-0.2, 0) is 4.74 Å². The van der Waals surface area contributed by atoms with E-state index in [0.29, 0.717) is 0 Å². The van der Waals surface area contributed by atoms with E-state index in [1.54, 1.807) is 0 Å². The van der Waals surface area contributed by atoms with Gasteiger partial charge in [-0.3, -0.25) is 4.57 Å². The Balaban J connectivity index is 2.07. The lowest BCUT2D eigenvalue weighted by molar-refractivity contribution is -0.0511. The van der Waals surface area contributed by atoms with Gasteiger partial charge in [0.1, 0.15) is 18.3 Å². The molecule has 9 nitrogen and oxygen atoms in total. The zero-order valence-corrected chi connectivity index (χ0v) is 10.1. The van der Waals surface area contributed by atoms with Gasteiger partial charge in [0.25, 0.3) is 0 Å². The predicted molar refractivity (Wildman–Crippen MR) is 62.7 cm³/mol. The second kappa shape index (κ2) is 4.59. The first-order chi connectivity index (χ1) is 9.52. The monoisotopic (exact) mass is 285 g/mol. The Morgan fingerprint density at radius 1 is 1.35 bits per heavy atom. The van der Waals surface area contributed by atoms with E-state index < -0.39 is 37.2 Å². The van der Waals surface area contributed by atoms with E-state index >= 15 is 0 Å². The maximum absolute atomic E-state index is 13.2. The second-order valence-electron chi connectivity index (χ2n) is 4.43. The summed E-state index contributed by atoms with van der Waals surface area (Å²) in [4.78, 5) is 10.8. The van der Waals surface area contributed by atoms with Crippen molar-refractivity contribution in [3.63, 3.8) is 0 Å². The van der Waals surface area contributed by atoms with Crippen LogP contribution in [0.2, 0.25) is 0 Å². The molecule has 0 bridgehead atoms. The highest BCUT2D eigenvalue weighted by atomic mass is 19.1. The van der Waals surface area contributed by atoms with Crippen LogP contribution in [0.3, 0.4) is 0 Å². The van der Waals surface area contributed by atoms with Gasteiger partial charge in [0.05, 0.1) is 12.9 Å². The molecule has 0 spiro atoms. The fourth-order valence-corrected chi connectivity index (χ4v) is 2.21. The van der Waals surface area contributed by atoms with Gasteiger partial charge in [-0.05, 0) is 0 Å². The van der Waals surface area contributed by atoms with Crippen molar-refractivity contribution in [1.29, 1.82) is 0 Å². The minimum atomic E-state index is -1.32. The Morgan fingerprint density at radius 2 is 2.10 bits per heavy atom. The van der Waals surface area contributed by atoms with Crippen molar-refractivity contribution in [2.24, 2.45) is 0 Å². The zero-order chi connectivity index (χ0) is 14.4. The molecule has 10 heteroatoms. The molecule has 1 fully saturated rings. The third-order valence-electron chi connectivity index (χ3n) is 3.21. The van der Waals surface area contributed by atoms with E-state index in [2.05, 4.69) is 15.0 Å². The fraction of sp³-hybridized carbons (Fsp3) is 0.500. The molecule has 20 heavy (non-hydrogen) atoms. The topological polar surface area (TPSA) is 140 Å². The number of ether oxygens (including phenoxy) is 1. The van der Waals surface area contributed by atoms with E-state index in [4.69, 9.17) is 15.6 Å². The number of nitrogen functional groups attached to an aromatic ring is 1. The Kier molecular flexibility index (Phi) is 3.01. The minimum Gasteiger partial charge on any atom is -0.394 e. The number of imidazole rings is 1. The van der Waals surface area contributed by atoms with Crippen LogP contribution in [0.5, 0.6) is 0 Å². The smallest absolute Gasteiger partial charge is 0.312 e. The molecule has 0 aliphatic carbocycles. The zero-order valence-electron chi connectivity index (χ0n) is 10.1. The van der Waals surface area contributed by atoms with Gasteiger partial charge < -0.3 is 25.8 Å². The fourth-order valence-electron chi connectivity index (χ4n) is 2.21. The Hall–Kier alpha value is -1.88. The predicted octanol–water partition coefficient (Wildman–Crippen LogP) is -1.84. The van der Waals surface area contributed by atoms with Crippen molar-refractivity contribution in [1.82, 2.24) is 19.5 Å². The van der Waals surface area contributed by atoms with Gasteiger partial charge in [-0.2, -0.15) is 14.4 Å². The van der Waals surface area contributed by atoms with Crippen LogP contribution in [0.1, 0.15) is 6.23 Å². The normalized spacial score (nSPS) is 30.2. The quantitative estimate of drug-likeness (QED) is 0.472. The molecule has 3 heterocycles. The Bertz CT molecular complexity index is 650.